The van der Waals surface area contributed by atoms with E-state index in [1.54, 1.807) is 31.3 Å². The van der Waals surface area contributed by atoms with Crippen molar-refractivity contribution in [2.75, 3.05) is 13.7 Å². The van der Waals surface area contributed by atoms with Gasteiger partial charge in [0.05, 0.1) is 24.4 Å². The van der Waals surface area contributed by atoms with E-state index >= 15 is 0 Å². The molecule has 0 N–H and O–H groups in total. The molecule has 0 unspecified atom stereocenters. The van der Waals surface area contributed by atoms with Gasteiger partial charge in [0.2, 0.25) is 5.91 Å². The molecule has 0 saturated carbocycles. The summed E-state index contributed by atoms with van der Waals surface area (Å²) in [5, 5.41) is 4.57. The van der Waals surface area contributed by atoms with E-state index < -0.39 is 5.97 Å². The number of carbonyl (C=O) groups is 2. The van der Waals surface area contributed by atoms with Crippen molar-refractivity contribution in [2.24, 2.45) is 13.0 Å². The Morgan fingerprint density at radius 3 is 2.88 bits per heavy atom. The van der Waals surface area contributed by atoms with Crippen molar-refractivity contribution in [2.45, 2.75) is 12.5 Å². The summed E-state index contributed by atoms with van der Waals surface area (Å²) in [7, 11) is 3.49. The Morgan fingerprint density at radius 1 is 1.42 bits per heavy atom. The second-order valence-corrected chi connectivity index (χ2v) is 6.41. The lowest BCUT2D eigenvalue weighted by atomic mass is 9.94. The highest BCUT2D eigenvalue weighted by Crippen LogP contribution is 2.37. The van der Waals surface area contributed by atoms with Gasteiger partial charge in [0.1, 0.15) is 0 Å². The molecule has 24 heavy (non-hydrogen) atoms. The minimum Gasteiger partial charge on any atom is -0.462 e. The van der Waals surface area contributed by atoms with Crippen LogP contribution >= 0.6 is 11.6 Å². The average Bonchev–Trinajstić information content (AvgIpc) is 3.09. The van der Waals surface area contributed by atoms with E-state index in [4.69, 9.17) is 16.3 Å². The molecular formula is C17H18ClN3O3. The molecular weight excluding hydrogens is 330 g/mol. The topological polar surface area (TPSA) is 64.4 Å². The average molecular weight is 348 g/mol. The molecule has 1 saturated heterocycles. The molecule has 7 heteroatoms. The summed E-state index contributed by atoms with van der Waals surface area (Å²) < 4.78 is 6.94. The number of benzene rings is 1. The molecule has 3 rings (SSSR count). The molecule has 1 aliphatic rings. The van der Waals surface area contributed by atoms with E-state index in [0.29, 0.717) is 17.0 Å². The first-order valence-electron chi connectivity index (χ1n) is 7.62. The largest absolute Gasteiger partial charge is 0.462 e. The normalized spacial score (nSPS) is 20.5. The van der Waals surface area contributed by atoms with E-state index in [1.807, 2.05) is 18.2 Å². The van der Waals surface area contributed by atoms with Crippen LogP contribution in [0.5, 0.6) is 0 Å². The number of ether oxygens (including phenoxy) is 1. The van der Waals surface area contributed by atoms with Crippen molar-refractivity contribution in [1.82, 2.24) is 14.7 Å². The van der Waals surface area contributed by atoms with Gasteiger partial charge in [-0.05, 0) is 17.7 Å². The van der Waals surface area contributed by atoms with Gasteiger partial charge in [0.25, 0.3) is 0 Å². The zero-order valence-electron chi connectivity index (χ0n) is 13.5. The third-order valence-electron chi connectivity index (χ3n) is 4.25. The summed E-state index contributed by atoms with van der Waals surface area (Å²) in [6.07, 6.45) is 3.40. The molecule has 0 aliphatic carbocycles. The number of halogens is 1. The predicted molar refractivity (Wildman–Crippen MR) is 88.6 cm³/mol. The fourth-order valence-electron chi connectivity index (χ4n) is 3.08. The fraction of sp³-hybridized carbons (Fsp3) is 0.353. The standard InChI is InChI=1S/C17H18ClN3O3/c1-20-9-13(8-19-20)17(23)24-10-12-7-15(22)21(2)16(12)11-4-3-5-14(18)6-11/h3-6,8-9,12,16H,7,10H2,1-2H3/t12-,16+/m0/s1. The van der Waals surface area contributed by atoms with Crippen LogP contribution in [-0.2, 0) is 16.6 Å². The first kappa shape index (κ1) is 16.5. The summed E-state index contributed by atoms with van der Waals surface area (Å²) in [5.74, 6) is -0.515. The molecule has 2 atom stereocenters. The Bertz CT molecular complexity index is 774. The molecule has 1 aliphatic heterocycles. The van der Waals surface area contributed by atoms with Gasteiger partial charge in [-0.25, -0.2) is 4.79 Å². The Morgan fingerprint density at radius 2 is 2.21 bits per heavy atom. The van der Waals surface area contributed by atoms with Crippen LogP contribution < -0.4 is 0 Å². The summed E-state index contributed by atoms with van der Waals surface area (Å²) in [4.78, 5) is 25.9. The van der Waals surface area contributed by atoms with Gasteiger partial charge in [-0.3, -0.25) is 9.48 Å². The van der Waals surface area contributed by atoms with Gasteiger partial charge < -0.3 is 9.64 Å². The van der Waals surface area contributed by atoms with Crippen molar-refractivity contribution >= 4 is 23.5 Å². The molecule has 1 amide bonds. The first-order valence-corrected chi connectivity index (χ1v) is 8.00. The van der Waals surface area contributed by atoms with Gasteiger partial charge >= 0.3 is 5.97 Å². The predicted octanol–water partition coefficient (Wildman–Crippen LogP) is 2.45. The van der Waals surface area contributed by atoms with Crippen molar-refractivity contribution in [3.8, 4) is 0 Å². The van der Waals surface area contributed by atoms with Crippen LogP contribution in [0.1, 0.15) is 28.4 Å². The van der Waals surface area contributed by atoms with E-state index in [0.717, 1.165) is 5.56 Å². The van der Waals surface area contributed by atoms with Crippen molar-refractivity contribution < 1.29 is 14.3 Å². The fourth-order valence-corrected chi connectivity index (χ4v) is 3.28. The highest BCUT2D eigenvalue weighted by molar-refractivity contribution is 6.30. The maximum absolute atomic E-state index is 12.1. The van der Waals surface area contributed by atoms with Crippen molar-refractivity contribution in [3.63, 3.8) is 0 Å². The van der Waals surface area contributed by atoms with E-state index in [-0.39, 0.29) is 24.5 Å². The number of rotatable bonds is 4. The minimum atomic E-state index is -0.435. The number of esters is 1. The van der Waals surface area contributed by atoms with Crippen LogP contribution in [0.2, 0.25) is 5.02 Å². The number of likely N-dealkylation sites (tertiary alicyclic amines) is 1. The number of aromatic nitrogens is 2. The number of nitrogens with zero attached hydrogens (tertiary/aromatic N) is 3. The molecule has 6 nitrogen and oxygen atoms in total. The Hall–Kier alpha value is -2.34. The molecule has 126 valence electrons. The zero-order valence-corrected chi connectivity index (χ0v) is 14.2. The molecule has 0 radical (unpaired) electrons. The van der Waals surface area contributed by atoms with E-state index in [1.165, 1.54) is 10.9 Å². The second kappa shape index (κ2) is 6.65. The summed E-state index contributed by atoms with van der Waals surface area (Å²) in [5.41, 5.74) is 1.34. The third kappa shape index (κ3) is 3.28. The Balaban J connectivity index is 1.73. The summed E-state index contributed by atoms with van der Waals surface area (Å²) in [6, 6.07) is 7.27. The zero-order chi connectivity index (χ0) is 17.3. The number of carbonyl (C=O) groups excluding carboxylic acids is 2. The number of hydrogen-bond acceptors (Lipinski definition) is 4. The molecule has 2 heterocycles. The van der Waals surface area contributed by atoms with Gasteiger partial charge in [-0.15, -0.1) is 0 Å². The SMILES string of the molecule is CN1C(=O)C[C@@H](COC(=O)c2cnn(C)c2)[C@H]1c1cccc(Cl)c1. The molecule has 1 fully saturated rings. The third-order valence-corrected chi connectivity index (χ3v) is 4.49. The highest BCUT2D eigenvalue weighted by Gasteiger charge is 2.39. The van der Waals surface area contributed by atoms with Gasteiger partial charge in [-0.2, -0.15) is 5.10 Å². The molecule has 0 spiro atoms. The lowest BCUT2D eigenvalue weighted by Gasteiger charge is -2.25. The molecule has 1 aromatic heterocycles. The quantitative estimate of drug-likeness (QED) is 0.797. The van der Waals surface area contributed by atoms with Gasteiger partial charge in [0.15, 0.2) is 0 Å². The van der Waals surface area contributed by atoms with Gasteiger partial charge in [0, 0.05) is 37.7 Å². The van der Waals surface area contributed by atoms with Crippen LogP contribution in [0.15, 0.2) is 36.7 Å². The van der Waals surface area contributed by atoms with E-state index in [9.17, 15) is 9.59 Å². The van der Waals surface area contributed by atoms with Crippen LogP contribution in [0.4, 0.5) is 0 Å². The minimum absolute atomic E-state index is 0.0300. The maximum Gasteiger partial charge on any atom is 0.341 e. The van der Waals surface area contributed by atoms with Crippen molar-refractivity contribution in [1.29, 1.82) is 0 Å². The maximum atomic E-state index is 12.1. The first-order chi connectivity index (χ1) is 11.5. The van der Waals surface area contributed by atoms with Crippen LogP contribution in [-0.4, -0.2) is 40.2 Å². The van der Waals surface area contributed by atoms with Crippen LogP contribution in [0.25, 0.3) is 0 Å². The lowest BCUT2D eigenvalue weighted by Crippen LogP contribution is -2.26. The van der Waals surface area contributed by atoms with Gasteiger partial charge in [-0.1, -0.05) is 23.7 Å². The van der Waals surface area contributed by atoms with E-state index in [2.05, 4.69) is 5.10 Å². The molecule has 0 bridgehead atoms. The smallest absolute Gasteiger partial charge is 0.341 e. The van der Waals surface area contributed by atoms with Crippen molar-refractivity contribution in [3.05, 3.63) is 52.8 Å². The molecule has 1 aromatic carbocycles. The lowest BCUT2D eigenvalue weighted by molar-refractivity contribution is -0.127. The summed E-state index contributed by atoms with van der Waals surface area (Å²) in [6.45, 7) is 0.168. The molecule has 2 aromatic rings. The monoisotopic (exact) mass is 347 g/mol. The summed E-state index contributed by atoms with van der Waals surface area (Å²) >= 11 is 6.07. The number of aryl methyl sites for hydroxylation is 1. The number of amides is 1. The second-order valence-electron chi connectivity index (χ2n) is 5.97. The Labute approximate surface area is 145 Å². The van der Waals surface area contributed by atoms with Crippen LogP contribution in [0, 0.1) is 5.92 Å². The van der Waals surface area contributed by atoms with Crippen LogP contribution in [0.3, 0.4) is 0 Å². The highest BCUT2D eigenvalue weighted by atomic mass is 35.5. The number of hydrogen-bond donors (Lipinski definition) is 0. The Kier molecular flexibility index (Phi) is 4.57.